The molecule has 0 radical (unpaired) electrons. The minimum Gasteiger partial charge on any atom is -0.478 e. The third-order valence-corrected chi connectivity index (χ3v) is 2.92. The van der Waals surface area contributed by atoms with Gasteiger partial charge in [-0.25, -0.2) is 4.79 Å². The number of hydrogen-bond donors (Lipinski definition) is 2. The maximum Gasteiger partial charge on any atom is 0.336 e. The number of carbonyl (C=O) groups is 2. The minimum absolute atomic E-state index is 0.0161. The van der Waals surface area contributed by atoms with E-state index in [9.17, 15) is 9.59 Å². The fraction of sp³-hybridized carbons (Fsp3) is 0.385. The van der Waals surface area contributed by atoms with E-state index in [2.05, 4.69) is 5.32 Å². The van der Waals surface area contributed by atoms with Crippen LogP contribution in [0.2, 0.25) is 0 Å². The van der Waals surface area contributed by atoms with Crippen molar-refractivity contribution >= 4 is 11.9 Å². The van der Waals surface area contributed by atoms with Gasteiger partial charge in [-0.15, -0.1) is 0 Å². The Morgan fingerprint density at radius 3 is 2.67 bits per heavy atom. The highest BCUT2D eigenvalue weighted by molar-refractivity contribution is 6.04. The van der Waals surface area contributed by atoms with Crippen molar-refractivity contribution in [2.24, 2.45) is 0 Å². The van der Waals surface area contributed by atoms with Crippen molar-refractivity contribution in [3.63, 3.8) is 0 Å². The van der Waals surface area contributed by atoms with Gasteiger partial charge in [0.05, 0.1) is 17.2 Å². The summed E-state index contributed by atoms with van der Waals surface area (Å²) in [6.45, 7) is 1.15. The summed E-state index contributed by atoms with van der Waals surface area (Å²) in [5.74, 6) is -1.47. The number of carbonyl (C=O) groups excluding carboxylic acids is 1. The molecule has 0 unspecified atom stereocenters. The summed E-state index contributed by atoms with van der Waals surface area (Å²) in [5.41, 5.74) is 0.199. The van der Waals surface area contributed by atoms with Gasteiger partial charge in [-0.3, -0.25) is 4.79 Å². The number of benzene rings is 1. The van der Waals surface area contributed by atoms with Crippen LogP contribution < -0.4 is 5.32 Å². The molecule has 0 aromatic heterocycles. The molecule has 0 bridgehead atoms. The second-order valence-corrected chi connectivity index (χ2v) is 4.20. The van der Waals surface area contributed by atoms with Crippen molar-refractivity contribution < 1.29 is 19.4 Å². The summed E-state index contributed by atoms with van der Waals surface area (Å²) in [5, 5.41) is 11.7. The predicted molar refractivity (Wildman–Crippen MR) is 64.7 cm³/mol. The number of rotatable bonds is 4. The van der Waals surface area contributed by atoms with E-state index in [0.29, 0.717) is 6.54 Å². The van der Waals surface area contributed by atoms with E-state index in [1.165, 1.54) is 12.1 Å². The summed E-state index contributed by atoms with van der Waals surface area (Å²) in [7, 11) is 0. The molecule has 1 saturated heterocycles. The first kappa shape index (κ1) is 12.6. The van der Waals surface area contributed by atoms with Crippen LogP contribution in [0.3, 0.4) is 0 Å². The summed E-state index contributed by atoms with van der Waals surface area (Å²) in [4.78, 5) is 22.9. The molecule has 0 aliphatic carbocycles. The highest BCUT2D eigenvalue weighted by Crippen LogP contribution is 2.12. The number of aromatic carboxylic acids is 1. The molecule has 5 nitrogen and oxygen atoms in total. The third kappa shape index (κ3) is 2.87. The molecule has 2 N–H and O–H groups in total. The Morgan fingerprint density at radius 2 is 2.06 bits per heavy atom. The number of ether oxygens (including phenoxy) is 1. The number of amides is 1. The number of carboxylic acid groups (broad SMARTS) is 1. The molecule has 96 valence electrons. The Hall–Kier alpha value is -1.88. The molecule has 1 aliphatic heterocycles. The zero-order chi connectivity index (χ0) is 13.0. The molecule has 0 saturated carbocycles. The van der Waals surface area contributed by atoms with Gasteiger partial charge in [-0.05, 0) is 25.0 Å². The van der Waals surface area contributed by atoms with Crippen LogP contribution in [-0.2, 0) is 4.74 Å². The maximum atomic E-state index is 11.9. The van der Waals surface area contributed by atoms with E-state index < -0.39 is 5.97 Å². The van der Waals surface area contributed by atoms with Crippen molar-refractivity contribution in [2.45, 2.75) is 18.9 Å². The van der Waals surface area contributed by atoms with Gasteiger partial charge in [0.2, 0.25) is 0 Å². The van der Waals surface area contributed by atoms with Crippen LogP contribution in [-0.4, -0.2) is 36.2 Å². The summed E-state index contributed by atoms with van der Waals surface area (Å²) in [6, 6.07) is 6.17. The quantitative estimate of drug-likeness (QED) is 0.843. The molecule has 1 aromatic rings. The zero-order valence-corrected chi connectivity index (χ0v) is 9.89. The van der Waals surface area contributed by atoms with Gasteiger partial charge in [0, 0.05) is 13.2 Å². The summed E-state index contributed by atoms with van der Waals surface area (Å²) in [6.07, 6.45) is 1.98. The van der Waals surface area contributed by atoms with Gasteiger partial charge in [0.15, 0.2) is 0 Å². The van der Waals surface area contributed by atoms with Crippen molar-refractivity contribution in [3.05, 3.63) is 35.4 Å². The molecule has 5 heteroatoms. The Kier molecular flexibility index (Phi) is 3.94. The average molecular weight is 249 g/mol. The van der Waals surface area contributed by atoms with Crippen LogP contribution in [0.25, 0.3) is 0 Å². The van der Waals surface area contributed by atoms with Crippen molar-refractivity contribution in [3.8, 4) is 0 Å². The van der Waals surface area contributed by atoms with Crippen LogP contribution in [0.1, 0.15) is 33.6 Å². The second kappa shape index (κ2) is 5.64. The minimum atomic E-state index is -1.10. The Bertz CT molecular complexity index is 452. The van der Waals surface area contributed by atoms with Gasteiger partial charge >= 0.3 is 5.97 Å². The van der Waals surface area contributed by atoms with E-state index in [1.54, 1.807) is 12.1 Å². The molecule has 1 fully saturated rings. The van der Waals surface area contributed by atoms with Crippen LogP contribution >= 0.6 is 0 Å². The lowest BCUT2D eigenvalue weighted by atomic mass is 10.1. The van der Waals surface area contributed by atoms with Gasteiger partial charge in [0.25, 0.3) is 5.91 Å². The van der Waals surface area contributed by atoms with Gasteiger partial charge < -0.3 is 15.2 Å². The average Bonchev–Trinajstić information content (AvgIpc) is 2.89. The van der Waals surface area contributed by atoms with E-state index in [1.807, 2.05) is 0 Å². The normalized spacial score (nSPS) is 18.6. The largest absolute Gasteiger partial charge is 0.478 e. The van der Waals surface area contributed by atoms with Crippen LogP contribution in [0.5, 0.6) is 0 Å². The fourth-order valence-electron chi connectivity index (χ4n) is 1.97. The first-order valence-corrected chi connectivity index (χ1v) is 5.90. The standard InChI is InChI=1S/C13H15NO4/c15-12(14-8-9-4-3-7-18-9)10-5-1-2-6-11(10)13(16)17/h1-2,5-6,9H,3-4,7-8H2,(H,14,15)(H,16,17)/t9-/m1/s1. The predicted octanol–water partition coefficient (Wildman–Crippen LogP) is 1.29. The molecule has 1 atom stereocenters. The molecule has 2 rings (SSSR count). The molecule has 1 aliphatic rings. The lowest BCUT2D eigenvalue weighted by Crippen LogP contribution is -2.32. The van der Waals surface area contributed by atoms with Crippen LogP contribution in [0.4, 0.5) is 0 Å². The number of carboxylic acids is 1. The summed E-state index contributed by atoms with van der Waals surface area (Å²) < 4.78 is 5.39. The summed E-state index contributed by atoms with van der Waals surface area (Å²) >= 11 is 0. The third-order valence-electron chi connectivity index (χ3n) is 2.92. The van der Waals surface area contributed by atoms with Gasteiger partial charge in [0.1, 0.15) is 0 Å². The van der Waals surface area contributed by atoms with Crippen molar-refractivity contribution in [1.82, 2.24) is 5.32 Å². The zero-order valence-electron chi connectivity index (χ0n) is 9.89. The molecular weight excluding hydrogens is 234 g/mol. The molecule has 0 spiro atoms. The molecule has 18 heavy (non-hydrogen) atoms. The van der Waals surface area contributed by atoms with E-state index in [0.717, 1.165) is 19.4 Å². The Morgan fingerprint density at radius 1 is 1.33 bits per heavy atom. The molecular formula is C13H15NO4. The molecule has 1 heterocycles. The van der Waals surface area contributed by atoms with E-state index in [-0.39, 0.29) is 23.1 Å². The first-order valence-electron chi connectivity index (χ1n) is 5.90. The highest BCUT2D eigenvalue weighted by atomic mass is 16.5. The molecule has 1 aromatic carbocycles. The first-order chi connectivity index (χ1) is 8.68. The van der Waals surface area contributed by atoms with Crippen LogP contribution in [0, 0.1) is 0 Å². The van der Waals surface area contributed by atoms with Gasteiger partial charge in [-0.1, -0.05) is 12.1 Å². The lowest BCUT2D eigenvalue weighted by Gasteiger charge is -2.11. The SMILES string of the molecule is O=C(O)c1ccccc1C(=O)NC[C@H]1CCCO1. The Balaban J connectivity index is 2.01. The Labute approximate surface area is 105 Å². The van der Waals surface area contributed by atoms with E-state index >= 15 is 0 Å². The number of nitrogens with one attached hydrogen (secondary N) is 1. The lowest BCUT2D eigenvalue weighted by molar-refractivity contribution is 0.0689. The molecule has 1 amide bonds. The monoisotopic (exact) mass is 249 g/mol. The van der Waals surface area contributed by atoms with Crippen molar-refractivity contribution in [2.75, 3.05) is 13.2 Å². The fourth-order valence-corrected chi connectivity index (χ4v) is 1.97. The smallest absolute Gasteiger partial charge is 0.336 e. The maximum absolute atomic E-state index is 11.9. The van der Waals surface area contributed by atoms with Gasteiger partial charge in [-0.2, -0.15) is 0 Å². The van der Waals surface area contributed by atoms with Crippen molar-refractivity contribution in [1.29, 1.82) is 0 Å². The highest BCUT2D eigenvalue weighted by Gasteiger charge is 2.19. The number of hydrogen-bond acceptors (Lipinski definition) is 3. The van der Waals surface area contributed by atoms with E-state index in [4.69, 9.17) is 9.84 Å². The topological polar surface area (TPSA) is 75.6 Å². The second-order valence-electron chi connectivity index (χ2n) is 4.20. The van der Waals surface area contributed by atoms with Crippen LogP contribution in [0.15, 0.2) is 24.3 Å².